The molecule has 0 aliphatic carbocycles. The predicted octanol–water partition coefficient (Wildman–Crippen LogP) is 2.68. The average Bonchev–Trinajstić information content (AvgIpc) is 2.65. The Hall–Kier alpha value is -1.58. The first-order valence-electron chi connectivity index (χ1n) is 9.13. The number of esters is 1. The molecule has 0 amide bonds. The zero-order valence-corrected chi connectivity index (χ0v) is 19.2. The Kier molecular flexibility index (Phi) is 9.82. The summed E-state index contributed by atoms with van der Waals surface area (Å²) in [5, 5.41) is 3.38. The highest BCUT2D eigenvalue weighted by Gasteiger charge is 2.27. The van der Waals surface area contributed by atoms with E-state index in [1.165, 1.54) is 0 Å². The quantitative estimate of drug-likeness (QED) is 0.296. The second-order valence-electron chi connectivity index (χ2n) is 6.46. The molecule has 0 unspecified atom stereocenters. The molecular formula is C19H31IN4O3. The van der Waals surface area contributed by atoms with Gasteiger partial charge in [0.25, 0.3) is 0 Å². The van der Waals surface area contributed by atoms with E-state index in [2.05, 4.69) is 20.2 Å². The topological polar surface area (TPSA) is 76.0 Å². The number of hydrogen-bond donors (Lipinski definition) is 1. The van der Waals surface area contributed by atoms with E-state index in [1.54, 1.807) is 14.2 Å². The average molecular weight is 490 g/mol. The van der Waals surface area contributed by atoms with Gasteiger partial charge in [-0.2, -0.15) is 0 Å². The van der Waals surface area contributed by atoms with Gasteiger partial charge < -0.3 is 19.7 Å². The lowest BCUT2D eigenvalue weighted by molar-refractivity contribution is -0.149. The molecule has 27 heavy (non-hydrogen) atoms. The zero-order valence-electron chi connectivity index (χ0n) is 16.9. The van der Waals surface area contributed by atoms with Crippen molar-refractivity contribution < 1.29 is 14.3 Å². The minimum Gasteiger partial charge on any atom is -0.496 e. The summed E-state index contributed by atoms with van der Waals surface area (Å²) in [5.41, 5.74) is 3.01. The molecule has 0 atom stereocenters. The van der Waals surface area contributed by atoms with Gasteiger partial charge in [0.1, 0.15) is 5.75 Å². The van der Waals surface area contributed by atoms with Crippen molar-refractivity contribution in [1.29, 1.82) is 0 Å². The van der Waals surface area contributed by atoms with Crippen molar-refractivity contribution in [3.8, 4) is 5.75 Å². The van der Waals surface area contributed by atoms with E-state index in [4.69, 9.17) is 9.47 Å². The second kappa shape index (κ2) is 11.3. The number of carbonyl (C=O) groups excluding carboxylic acids is 1. The number of halogens is 1. The molecule has 1 N–H and O–H groups in total. The first kappa shape index (κ1) is 23.5. The maximum atomic E-state index is 11.9. The van der Waals surface area contributed by atoms with Gasteiger partial charge in [-0.05, 0) is 33.6 Å². The molecule has 1 aliphatic heterocycles. The molecule has 0 aromatic carbocycles. The molecule has 0 radical (unpaired) electrons. The van der Waals surface area contributed by atoms with Crippen LogP contribution in [0.15, 0.2) is 11.2 Å². The Labute approximate surface area is 178 Å². The fraction of sp³-hybridized carbons (Fsp3) is 0.632. The number of likely N-dealkylation sites (tertiary alicyclic amines) is 1. The van der Waals surface area contributed by atoms with Gasteiger partial charge in [0.05, 0.1) is 31.9 Å². The van der Waals surface area contributed by atoms with Crippen LogP contribution in [-0.2, 0) is 16.1 Å². The molecule has 2 heterocycles. The number of pyridine rings is 1. The van der Waals surface area contributed by atoms with Crippen molar-refractivity contribution in [2.45, 2.75) is 40.2 Å². The summed E-state index contributed by atoms with van der Waals surface area (Å²) >= 11 is 0. The normalized spacial score (nSPS) is 15.1. The molecule has 0 saturated carbocycles. The summed E-state index contributed by atoms with van der Waals surface area (Å²) in [6, 6.07) is 0. The number of carbonyl (C=O) groups is 1. The van der Waals surface area contributed by atoms with Crippen LogP contribution in [0.3, 0.4) is 0 Å². The zero-order chi connectivity index (χ0) is 19.1. The number of aryl methyl sites for hydroxylation is 1. The van der Waals surface area contributed by atoms with E-state index < -0.39 is 0 Å². The molecule has 0 spiro atoms. The van der Waals surface area contributed by atoms with Gasteiger partial charge >= 0.3 is 5.97 Å². The number of methoxy groups -OCH3 is 1. The highest BCUT2D eigenvalue weighted by molar-refractivity contribution is 14.0. The Morgan fingerprint density at radius 3 is 2.59 bits per heavy atom. The SMILES string of the molecule is CCOC(=O)C1CCN(C(=NC)NCc2ncc(C)c(OC)c2C)CC1.I. The van der Waals surface area contributed by atoms with Gasteiger partial charge in [-0.1, -0.05) is 0 Å². The number of nitrogens with one attached hydrogen (secondary N) is 1. The fourth-order valence-electron chi connectivity index (χ4n) is 3.33. The number of guanidine groups is 1. The first-order valence-corrected chi connectivity index (χ1v) is 9.13. The number of piperidine rings is 1. The summed E-state index contributed by atoms with van der Waals surface area (Å²) in [7, 11) is 3.45. The maximum absolute atomic E-state index is 11.9. The summed E-state index contributed by atoms with van der Waals surface area (Å²) in [5.74, 6) is 1.62. The van der Waals surface area contributed by atoms with Crippen LogP contribution < -0.4 is 10.1 Å². The Bertz CT molecular complexity index is 659. The van der Waals surface area contributed by atoms with Crippen molar-refractivity contribution in [2.75, 3.05) is 33.9 Å². The van der Waals surface area contributed by atoms with Crippen LogP contribution in [0.1, 0.15) is 36.6 Å². The van der Waals surface area contributed by atoms with Gasteiger partial charge in [-0.3, -0.25) is 14.8 Å². The Morgan fingerprint density at radius 1 is 1.37 bits per heavy atom. The first-order chi connectivity index (χ1) is 12.5. The number of aliphatic imine (C=N–C) groups is 1. The molecule has 2 rings (SSSR count). The molecule has 1 aromatic rings. The summed E-state index contributed by atoms with van der Waals surface area (Å²) in [4.78, 5) is 22.9. The van der Waals surface area contributed by atoms with Crippen LogP contribution in [0.5, 0.6) is 5.75 Å². The number of hydrogen-bond acceptors (Lipinski definition) is 5. The van der Waals surface area contributed by atoms with E-state index in [0.717, 1.165) is 54.5 Å². The maximum Gasteiger partial charge on any atom is 0.309 e. The highest BCUT2D eigenvalue weighted by atomic mass is 127. The third-order valence-electron chi connectivity index (χ3n) is 4.79. The minimum atomic E-state index is -0.0818. The van der Waals surface area contributed by atoms with E-state index in [-0.39, 0.29) is 35.9 Å². The molecule has 1 aliphatic rings. The lowest BCUT2D eigenvalue weighted by Crippen LogP contribution is -2.46. The summed E-state index contributed by atoms with van der Waals surface area (Å²) in [6.07, 6.45) is 3.40. The third kappa shape index (κ3) is 5.95. The Balaban J connectivity index is 0.00000364. The second-order valence-corrected chi connectivity index (χ2v) is 6.46. The molecule has 8 heteroatoms. The summed E-state index contributed by atoms with van der Waals surface area (Å²) in [6.45, 7) is 8.43. The molecule has 1 aromatic heterocycles. The van der Waals surface area contributed by atoms with Crippen molar-refractivity contribution in [3.63, 3.8) is 0 Å². The minimum absolute atomic E-state index is 0. The fourth-order valence-corrected chi connectivity index (χ4v) is 3.33. The molecule has 152 valence electrons. The number of nitrogens with zero attached hydrogens (tertiary/aromatic N) is 3. The van der Waals surface area contributed by atoms with Gasteiger partial charge in [0.2, 0.25) is 0 Å². The van der Waals surface area contributed by atoms with Crippen LogP contribution in [0, 0.1) is 19.8 Å². The highest BCUT2D eigenvalue weighted by Crippen LogP contribution is 2.24. The van der Waals surface area contributed by atoms with E-state index in [9.17, 15) is 4.79 Å². The van der Waals surface area contributed by atoms with E-state index in [1.807, 2.05) is 27.0 Å². The van der Waals surface area contributed by atoms with Crippen molar-refractivity contribution >= 4 is 35.9 Å². The van der Waals surface area contributed by atoms with E-state index in [0.29, 0.717) is 13.2 Å². The van der Waals surface area contributed by atoms with Gasteiger partial charge in [-0.25, -0.2) is 0 Å². The van der Waals surface area contributed by atoms with Crippen LogP contribution >= 0.6 is 24.0 Å². The largest absolute Gasteiger partial charge is 0.496 e. The van der Waals surface area contributed by atoms with Gasteiger partial charge in [0.15, 0.2) is 5.96 Å². The van der Waals surface area contributed by atoms with Crippen molar-refractivity contribution in [2.24, 2.45) is 10.9 Å². The van der Waals surface area contributed by atoms with Crippen LogP contribution in [0.2, 0.25) is 0 Å². The summed E-state index contributed by atoms with van der Waals surface area (Å²) < 4.78 is 10.6. The molecule has 1 saturated heterocycles. The van der Waals surface area contributed by atoms with Crippen LogP contribution in [-0.4, -0.2) is 55.7 Å². The molecular weight excluding hydrogens is 459 g/mol. The van der Waals surface area contributed by atoms with Gasteiger partial charge in [-0.15, -0.1) is 24.0 Å². The van der Waals surface area contributed by atoms with Crippen LogP contribution in [0.4, 0.5) is 0 Å². The van der Waals surface area contributed by atoms with Crippen molar-refractivity contribution in [3.05, 3.63) is 23.0 Å². The standard InChI is InChI=1S/C19H30N4O3.HI/c1-6-26-18(24)15-7-9-23(10-8-15)19(20-4)22-12-16-14(3)17(25-5)13(2)11-21-16;/h11,15H,6-10,12H2,1-5H3,(H,20,22);1H. The van der Waals surface area contributed by atoms with E-state index >= 15 is 0 Å². The predicted molar refractivity (Wildman–Crippen MR) is 117 cm³/mol. The number of rotatable bonds is 5. The van der Waals surface area contributed by atoms with Crippen LogP contribution in [0.25, 0.3) is 0 Å². The Morgan fingerprint density at radius 2 is 2.04 bits per heavy atom. The van der Waals surface area contributed by atoms with Gasteiger partial charge in [0, 0.05) is 37.5 Å². The number of ether oxygens (including phenoxy) is 2. The lowest BCUT2D eigenvalue weighted by atomic mass is 9.97. The number of aromatic nitrogens is 1. The molecule has 0 bridgehead atoms. The van der Waals surface area contributed by atoms with Crippen molar-refractivity contribution in [1.82, 2.24) is 15.2 Å². The third-order valence-corrected chi connectivity index (χ3v) is 4.79. The molecule has 1 fully saturated rings. The monoisotopic (exact) mass is 490 g/mol. The lowest BCUT2D eigenvalue weighted by Gasteiger charge is -2.33. The molecule has 7 nitrogen and oxygen atoms in total. The smallest absolute Gasteiger partial charge is 0.309 e.